The number of benzene rings is 2. The molecular weight excluding hydrogens is 436 g/mol. The highest BCUT2D eigenvalue weighted by molar-refractivity contribution is 5.47. The van der Waals surface area contributed by atoms with E-state index in [9.17, 15) is 0 Å². The van der Waals surface area contributed by atoms with Crippen molar-refractivity contribution in [1.29, 1.82) is 0 Å². The van der Waals surface area contributed by atoms with Gasteiger partial charge in [-0.3, -0.25) is 0 Å². The van der Waals surface area contributed by atoms with Gasteiger partial charge in [0.25, 0.3) is 0 Å². The minimum absolute atomic E-state index is 0.0787. The average molecular weight is 485 g/mol. The Morgan fingerprint density at radius 2 is 1.23 bits per heavy atom. The van der Waals surface area contributed by atoms with Gasteiger partial charge in [-0.1, -0.05) is 59.2 Å². The molecule has 0 saturated carbocycles. The predicted octanol–water partition coefficient (Wildman–Crippen LogP) is 8.43. The third-order valence-corrected chi connectivity index (χ3v) is 6.62. The SMILES string of the molecule is COC(C)c1cc(C)cc(C(C)OC)c1OCCOc1ccc(C(CC(C)(C)C)C(C)(C)C)cc1. The lowest BCUT2D eigenvalue weighted by molar-refractivity contribution is 0.105. The smallest absolute Gasteiger partial charge is 0.131 e. The summed E-state index contributed by atoms with van der Waals surface area (Å²) in [6.45, 7) is 21.0. The molecule has 0 saturated heterocycles. The lowest BCUT2D eigenvalue weighted by Crippen LogP contribution is -2.23. The first kappa shape index (κ1) is 29.2. The van der Waals surface area contributed by atoms with E-state index in [1.807, 2.05) is 13.8 Å². The highest BCUT2D eigenvalue weighted by Gasteiger charge is 2.30. The van der Waals surface area contributed by atoms with Crippen LogP contribution in [-0.2, 0) is 9.47 Å². The molecule has 0 fully saturated rings. The van der Waals surface area contributed by atoms with Crippen molar-refractivity contribution in [2.45, 2.75) is 86.9 Å². The summed E-state index contributed by atoms with van der Waals surface area (Å²) in [5, 5.41) is 0. The fourth-order valence-electron chi connectivity index (χ4n) is 4.49. The largest absolute Gasteiger partial charge is 0.490 e. The Bertz CT molecular complexity index is 887. The van der Waals surface area contributed by atoms with Gasteiger partial charge in [0.05, 0.1) is 12.2 Å². The Morgan fingerprint density at radius 1 is 0.743 bits per heavy atom. The first-order chi connectivity index (χ1) is 16.3. The predicted molar refractivity (Wildman–Crippen MR) is 146 cm³/mol. The van der Waals surface area contributed by atoms with Crippen molar-refractivity contribution in [2.24, 2.45) is 10.8 Å². The van der Waals surface area contributed by atoms with Crippen LogP contribution in [0.25, 0.3) is 0 Å². The van der Waals surface area contributed by atoms with E-state index in [1.165, 1.54) is 5.56 Å². The van der Waals surface area contributed by atoms with E-state index in [-0.39, 0.29) is 23.0 Å². The zero-order valence-electron chi connectivity index (χ0n) is 24.0. The van der Waals surface area contributed by atoms with E-state index in [0.29, 0.717) is 19.1 Å². The van der Waals surface area contributed by atoms with Crippen LogP contribution in [0.5, 0.6) is 11.5 Å². The molecule has 0 bridgehead atoms. The topological polar surface area (TPSA) is 36.9 Å². The van der Waals surface area contributed by atoms with Gasteiger partial charge in [0.2, 0.25) is 0 Å². The zero-order valence-corrected chi connectivity index (χ0v) is 24.0. The van der Waals surface area contributed by atoms with Crippen LogP contribution in [0.2, 0.25) is 0 Å². The van der Waals surface area contributed by atoms with E-state index in [0.717, 1.165) is 34.6 Å². The maximum Gasteiger partial charge on any atom is 0.131 e. The minimum Gasteiger partial charge on any atom is -0.490 e. The fraction of sp³-hybridized carbons (Fsp3) is 0.613. The highest BCUT2D eigenvalue weighted by atomic mass is 16.5. The summed E-state index contributed by atoms with van der Waals surface area (Å²) in [5.41, 5.74) is 5.06. The normalized spacial score (nSPS) is 14.9. The standard InChI is InChI=1S/C31H48O4/c1-21-18-26(22(2)32-10)29(27(19-21)23(3)33-11)35-17-16-34-25-14-12-24(13-15-25)28(31(7,8)9)20-30(4,5)6/h12-15,18-19,22-23,28H,16-17,20H2,1-11H3. The Hall–Kier alpha value is -2.04. The molecule has 4 nitrogen and oxygen atoms in total. The van der Waals surface area contributed by atoms with Gasteiger partial charge in [-0.25, -0.2) is 0 Å². The second kappa shape index (κ2) is 12.3. The van der Waals surface area contributed by atoms with Crippen LogP contribution in [0.4, 0.5) is 0 Å². The number of ether oxygens (including phenoxy) is 4. The fourth-order valence-corrected chi connectivity index (χ4v) is 4.49. The van der Waals surface area contributed by atoms with Crippen molar-refractivity contribution in [1.82, 2.24) is 0 Å². The molecule has 0 aliphatic carbocycles. The Balaban J connectivity index is 2.10. The maximum absolute atomic E-state index is 6.27. The van der Waals surface area contributed by atoms with Gasteiger partial charge in [-0.15, -0.1) is 0 Å². The lowest BCUT2D eigenvalue weighted by Gasteiger charge is -2.36. The second-order valence-corrected chi connectivity index (χ2v) is 12.0. The van der Waals surface area contributed by atoms with Crippen LogP contribution < -0.4 is 9.47 Å². The number of hydrogen-bond donors (Lipinski definition) is 0. The van der Waals surface area contributed by atoms with Crippen LogP contribution in [-0.4, -0.2) is 27.4 Å². The molecule has 0 aliphatic rings. The van der Waals surface area contributed by atoms with E-state index >= 15 is 0 Å². The van der Waals surface area contributed by atoms with E-state index in [2.05, 4.69) is 84.9 Å². The molecule has 2 aromatic carbocycles. The Morgan fingerprint density at radius 3 is 1.66 bits per heavy atom. The summed E-state index contributed by atoms with van der Waals surface area (Å²) in [6, 6.07) is 12.8. The van der Waals surface area contributed by atoms with Crippen LogP contribution in [0.3, 0.4) is 0 Å². The van der Waals surface area contributed by atoms with Crippen LogP contribution in [0.1, 0.15) is 102 Å². The quantitative estimate of drug-likeness (QED) is 0.300. The van der Waals surface area contributed by atoms with Gasteiger partial charge in [0.15, 0.2) is 0 Å². The molecule has 3 atom stereocenters. The summed E-state index contributed by atoms with van der Waals surface area (Å²) in [7, 11) is 3.43. The van der Waals surface area contributed by atoms with E-state index in [4.69, 9.17) is 18.9 Å². The zero-order chi connectivity index (χ0) is 26.4. The van der Waals surface area contributed by atoms with Crippen LogP contribution in [0, 0.1) is 17.8 Å². The summed E-state index contributed by atoms with van der Waals surface area (Å²) < 4.78 is 23.5. The number of rotatable bonds is 11. The molecular formula is C31H48O4. The van der Waals surface area contributed by atoms with Crippen LogP contribution >= 0.6 is 0 Å². The molecule has 2 aromatic rings. The average Bonchev–Trinajstić information content (AvgIpc) is 2.78. The first-order valence-corrected chi connectivity index (χ1v) is 12.8. The first-order valence-electron chi connectivity index (χ1n) is 12.8. The van der Waals surface area contributed by atoms with Gasteiger partial charge in [0.1, 0.15) is 24.7 Å². The maximum atomic E-state index is 6.27. The Labute approximate surface area is 214 Å². The number of hydrogen-bond acceptors (Lipinski definition) is 4. The van der Waals surface area contributed by atoms with Crippen molar-refractivity contribution in [2.75, 3.05) is 27.4 Å². The number of aryl methyl sites for hydroxylation is 1. The molecule has 0 aliphatic heterocycles. The monoisotopic (exact) mass is 484 g/mol. The summed E-state index contributed by atoms with van der Waals surface area (Å²) in [5.74, 6) is 2.18. The Kier molecular flexibility index (Phi) is 10.2. The minimum atomic E-state index is -0.0787. The molecule has 0 heterocycles. The summed E-state index contributed by atoms with van der Waals surface area (Å²) >= 11 is 0. The van der Waals surface area contributed by atoms with Gasteiger partial charge in [-0.2, -0.15) is 0 Å². The van der Waals surface area contributed by atoms with Crippen molar-refractivity contribution < 1.29 is 18.9 Å². The van der Waals surface area contributed by atoms with Gasteiger partial charge >= 0.3 is 0 Å². The molecule has 0 amide bonds. The van der Waals surface area contributed by atoms with E-state index in [1.54, 1.807) is 14.2 Å². The third kappa shape index (κ3) is 8.54. The third-order valence-electron chi connectivity index (χ3n) is 6.62. The second-order valence-electron chi connectivity index (χ2n) is 12.0. The molecule has 35 heavy (non-hydrogen) atoms. The summed E-state index contributed by atoms with van der Waals surface area (Å²) in [4.78, 5) is 0. The van der Waals surface area contributed by atoms with Crippen LogP contribution in [0.15, 0.2) is 36.4 Å². The molecule has 4 heteroatoms. The van der Waals surface area contributed by atoms with Crippen molar-refractivity contribution >= 4 is 0 Å². The van der Waals surface area contributed by atoms with E-state index < -0.39 is 0 Å². The highest BCUT2D eigenvalue weighted by Crippen LogP contribution is 2.43. The van der Waals surface area contributed by atoms with Crippen molar-refractivity contribution in [3.8, 4) is 11.5 Å². The molecule has 2 rings (SSSR count). The lowest BCUT2D eigenvalue weighted by atomic mass is 9.69. The van der Waals surface area contributed by atoms with Crippen molar-refractivity contribution in [3.05, 3.63) is 58.7 Å². The number of methoxy groups -OCH3 is 2. The molecule has 0 aromatic heterocycles. The molecule has 3 unspecified atom stereocenters. The molecule has 0 radical (unpaired) electrons. The van der Waals surface area contributed by atoms with Gasteiger partial charge in [-0.05, 0) is 73.8 Å². The molecule has 196 valence electrons. The molecule has 0 spiro atoms. The van der Waals surface area contributed by atoms with Gasteiger partial charge < -0.3 is 18.9 Å². The molecule has 0 N–H and O–H groups in total. The summed E-state index contributed by atoms with van der Waals surface area (Å²) in [6.07, 6.45) is 0.987. The van der Waals surface area contributed by atoms with Gasteiger partial charge in [0, 0.05) is 25.3 Å². The van der Waals surface area contributed by atoms with Crippen molar-refractivity contribution in [3.63, 3.8) is 0 Å².